The minimum Gasteiger partial charge on any atom is -0.198 e. The lowest BCUT2D eigenvalue weighted by molar-refractivity contribution is 0.253. The Bertz CT molecular complexity index is 268. The summed E-state index contributed by atoms with van der Waals surface area (Å²) in [6.07, 6.45) is 16.2. The van der Waals surface area contributed by atoms with E-state index in [4.69, 9.17) is 5.26 Å². The molecule has 0 amide bonds. The highest BCUT2D eigenvalue weighted by Gasteiger charge is 2.18. The molecule has 1 rings (SSSR count). The number of nitriles is 1. The highest BCUT2D eigenvalue weighted by molar-refractivity contribution is 4.91. The van der Waals surface area contributed by atoms with Crippen LogP contribution in [0.4, 0.5) is 0 Å². The third-order valence-corrected chi connectivity index (χ3v) is 4.51. The van der Waals surface area contributed by atoms with E-state index in [2.05, 4.69) is 32.1 Å². The Morgan fingerprint density at radius 1 is 1.22 bits per heavy atom. The summed E-state index contributed by atoms with van der Waals surface area (Å²) in [6, 6.07) is 2.35. The van der Waals surface area contributed by atoms with E-state index in [0.717, 1.165) is 24.7 Å². The minimum atomic E-state index is 0.219. The summed E-state index contributed by atoms with van der Waals surface area (Å²) < 4.78 is 0. The lowest BCUT2D eigenvalue weighted by Gasteiger charge is -2.27. The molecule has 0 bridgehead atoms. The van der Waals surface area contributed by atoms with Crippen molar-refractivity contribution >= 4 is 0 Å². The summed E-state index contributed by atoms with van der Waals surface area (Å²) in [5.41, 5.74) is 0. The average Bonchev–Trinajstić information content (AvgIpc) is 2.43. The second kappa shape index (κ2) is 9.20. The minimum absolute atomic E-state index is 0.219. The Kier molecular flexibility index (Phi) is 7.81. The molecule has 102 valence electrons. The summed E-state index contributed by atoms with van der Waals surface area (Å²) in [4.78, 5) is 0. The maximum atomic E-state index is 8.86. The lowest BCUT2D eigenvalue weighted by Crippen LogP contribution is -2.14. The maximum Gasteiger partial charge on any atom is 0.0658 e. The molecule has 0 radical (unpaired) electrons. The van der Waals surface area contributed by atoms with Crippen molar-refractivity contribution in [2.45, 2.75) is 71.6 Å². The van der Waals surface area contributed by atoms with Gasteiger partial charge in [0.25, 0.3) is 0 Å². The van der Waals surface area contributed by atoms with Crippen molar-refractivity contribution in [1.29, 1.82) is 5.26 Å². The van der Waals surface area contributed by atoms with E-state index < -0.39 is 0 Å². The Balaban J connectivity index is 2.12. The first-order valence-electron chi connectivity index (χ1n) is 7.82. The molecule has 0 heterocycles. The van der Waals surface area contributed by atoms with E-state index in [1.165, 1.54) is 44.9 Å². The van der Waals surface area contributed by atoms with Crippen LogP contribution in [0.3, 0.4) is 0 Å². The first-order chi connectivity index (χ1) is 8.77. The first kappa shape index (κ1) is 15.3. The molecule has 2 atom stereocenters. The summed E-state index contributed by atoms with van der Waals surface area (Å²) in [5, 5.41) is 8.86. The van der Waals surface area contributed by atoms with Gasteiger partial charge in [-0.05, 0) is 37.5 Å². The number of rotatable bonds is 7. The van der Waals surface area contributed by atoms with E-state index >= 15 is 0 Å². The summed E-state index contributed by atoms with van der Waals surface area (Å²) in [6.45, 7) is 4.51. The number of allylic oxidation sites excluding steroid dienone is 2. The largest absolute Gasteiger partial charge is 0.198 e. The topological polar surface area (TPSA) is 23.8 Å². The van der Waals surface area contributed by atoms with Crippen LogP contribution in [0.1, 0.15) is 71.6 Å². The fourth-order valence-corrected chi connectivity index (χ4v) is 2.99. The van der Waals surface area contributed by atoms with Gasteiger partial charge in [0.2, 0.25) is 0 Å². The van der Waals surface area contributed by atoms with Crippen molar-refractivity contribution < 1.29 is 0 Å². The van der Waals surface area contributed by atoms with Gasteiger partial charge in [-0.3, -0.25) is 0 Å². The van der Waals surface area contributed by atoms with E-state index in [0.29, 0.717) is 0 Å². The van der Waals surface area contributed by atoms with Crippen molar-refractivity contribution in [2.75, 3.05) is 0 Å². The molecule has 1 saturated carbocycles. The molecular formula is C17H29N. The second-order valence-corrected chi connectivity index (χ2v) is 5.89. The van der Waals surface area contributed by atoms with Gasteiger partial charge in [0, 0.05) is 5.92 Å². The Morgan fingerprint density at radius 3 is 2.56 bits per heavy atom. The number of hydrogen-bond acceptors (Lipinski definition) is 1. The van der Waals surface area contributed by atoms with Gasteiger partial charge in [-0.2, -0.15) is 5.26 Å². The van der Waals surface area contributed by atoms with Crippen molar-refractivity contribution in [1.82, 2.24) is 0 Å². The van der Waals surface area contributed by atoms with Gasteiger partial charge < -0.3 is 0 Å². The van der Waals surface area contributed by atoms with Gasteiger partial charge in [-0.1, -0.05) is 58.1 Å². The monoisotopic (exact) mass is 247 g/mol. The zero-order valence-corrected chi connectivity index (χ0v) is 12.2. The van der Waals surface area contributed by atoms with Crippen molar-refractivity contribution in [2.24, 2.45) is 17.8 Å². The van der Waals surface area contributed by atoms with Crippen LogP contribution in [-0.4, -0.2) is 0 Å². The fourth-order valence-electron chi connectivity index (χ4n) is 2.99. The third-order valence-electron chi connectivity index (χ3n) is 4.51. The van der Waals surface area contributed by atoms with Crippen LogP contribution >= 0.6 is 0 Å². The molecule has 0 aromatic heterocycles. The van der Waals surface area contributed by atoms with Crippen molar-refractivity contribution in [3.63, 3.8) is 0 Å². The Labute approximate surface area is 113 Å². The molecule has 0 spiro atoms. The quantitative estimate of drug-likeness (QED) is 0.546. The normalized spacial score (nSPS) is 20.7. The van der Waals surface area contributed by atoms with Gasteiger partial charge in [0.05, 0.1) is 6.07 Å². The Morgan fingerprint density at radius 2 is 1.94 bits per heavy atom. The second-order valence-electron chi connectivity index (χ2n) is 5.89. The van der Waals surface area contributed by atoms with Gasteiger partial charge >= 0.3 is 0 Å². The molecule has 0 aliphatic heterocycles. The molecule has 0 aromatic carbocycles. The van der Waals surface area contributed by atoms with Crippen molar-refractivity contribution in [3.8, 4) is 6.07 Å². The molecule has 1 nitrogen and oxygen atoms in total. The predicted octanol–water partition coefficient (Wildman–Crippen LogP) is 5.48. The molecule has 0 aromatic rings. The van der Waals surface area contributed by atoms with Crippen molar-refractivity contribution in [3.05, 3.63) is 12.2 Å². The average molecular weight is 247 g/mol. The van der Waals surface area contributed by atoms with Crippen LogP contribution in [-0.2, 0) is 0 Å². The van der Waals surface area contributed by atoms with Gasteiger partial charge in [-0.15, -0.1) is 0 Å². The highest BCUT2D eigenvalue weighted by Crippen LogP contribution is 2.32. The predicted molar refractivity (Wildman–Crippen MR) is 78.1 cm³/mol. The summed E-state index contributed by atoms with van der Waals surface area (Å²) in [5.74, 6) is 2.08. The van der Waals surface area contributed by atoms with Gasteiger partial charge in [0.15, 0.2) is 0 Å². The first-order valence-corrected chi connectivity index (χ1v) is 7.82. The fraction of sp³-hybridized carbons (Fsp3) is 0.824. The molecule has 18 heavy (non-hydrogen) atoms. The number of nitrogens with zero attached hydrogens (tertiary/aromatic N) is 1. The molecule has 1 aliphatic carbocycles. The van der Waals surface area contributed by atoms with Gasteiger partial charge in [-0.25, -0.2) is 0 Å². The van der Waals surface area contributed by atoms with E-state index in [1.54, 1.807) is 0 Å². The zero-order valence-electron chi connectivity index (χ0n) is 12.2. The van der Waals surface area contributed by atoms with Crippen LogP contribution in [0, 0.1) is 29.1 Å². The van der Waals surface area contributed by atoms with Crippen LogP contribution < -0.4 is 0 Å². The molecule has 0 saturated heterocycles. The smallest absolute Gasteiger partial charge is 0.0658 e. The van der Waals surface area contributed by atoms with Crippen LogP contribution in [0.5, 0.6) is 0 Å². The molecule has 1 heteroatoms. The summed E-state index contributed by atoms with van der Waals surface area (Å²) >= 11 is 0. The standard InChI is InChI=1S/C17H29N/c1-3-16(14-18)11-7-4-6-10-15(2)17-12-8-5-9-13-17/h4,7,15-17H,3,5-6,8-13H2,1-2H3/b7-4+. The molecular weight excluding hydrogens is 218 g/mol. The number of hydrogen-bond donors (Lipinski definition) is 0. The van der Waals surface area contributed by atoms with E-state index in [9.17, 15) is 0 Å². The van der Waals surface area contributed by atoms with E-state index in [1.807, 2.05) is 0 Å². The SMILES string of the molecule is CCC(C#N)C/C=C/CCC(C)C1CCCCC1. The molecule has 1 aliphatic rings. The zero-order chi connectivity index (χ0) is 13.2. The van der Waals surface area contributed by atoms with Crippen LogP contribution in [0.25, 0.3) is 0 Å². The molecule has 2 unspecified atom stereocenters. The van der Waals surface area contributed by atoms with Crippen LogP contribution in [0.2, 0.25) is 0 Å². The Hall–Kier alpha value is -0.770. The lowest BCUT2D eigenvalue weighted by atomic mass is 9.79. The third kappa shape index (κ3) is 5.71. The summed E-state index contributed by atoms with van der Waals surface area (Å²) in [7, 11) is 0. The molecule has 1 fully saturated rings. The molecule has 0 N–H and O–H groups in total. The van der Waals surface area contributed by atoms with Gasteiger partial charge in [0.1, 0.15) is 0 Å². The van der Waals surface area contributed by atoms with E-state index in [-0.39, 0.29) is 5.92 Å². The maximum absolute atomic E-state index is 8.86. The van der Waals surface area contributed by atoms with Crippen LogP contribution in [0.15, 0.2) is 12.2 Å². The highest BCUT2D eigenvalue weighted by atomic mass is 14.3.